The zero-order valence-electron chi connectivity index (χ0n) is 18.8. The van der Waals surface area contributed by atoms with E-state index in [4.69, 9.17) is 9.73 Å². The summed E-state index contributed by atoms with van der Waals surface area (Å²) >= 11 is 0. The maximum atomic E-state index is 5.25. The van der Waals surface area contributed by atoms with Crippen LogP contribution in [0.15, 0.2) is 41.7 Å². The Labute approximate surface area is 180 Å². The topological polar surface area (TPSA) is 66.7 Å². The Morgan fingerprint density at radius 3 is 2.80 bits per heavy atom. The largest absolute Gasteiger partial charge is 0.497 e. The van der Waals surface area contributed by atoms with Gasteiger partial charge in [0.2, 0.25) is 0 Å². The van der Waals surface area contributed by atoms with Crippen molar-refractivity contribution >= 4 is 11.6 Å². The summed E-state index contributed by atoms with van der Waals surface area (Å²) in [5, 5.41) is 11.4. The van der Waals surface area contributed by atoms with Gasteiger partial charge in [0.25, 0.3) is 0 Å². The van der Waals surface area contributed by atoms with Gasteiger partial charge in [-0.05, 0) is 49.8 Å². The van der Waals surface area contributed by atoms with E-state index in [1.807, 2.05) is 30.1 Å². The van der Waals surface area contributed by atoms with E-state index in [0.717, 1.165) is 50.7 Å². The van der Waals surface area contributed by atoms with E-state index in [-0.39, 0.29) is 0 Å². The standard InChI is InChI=1S/C23H36N6O/c1-5-24-23(25-13-12-18(2)19-8-10-22(30-4)11-9-19)27-20-7-6-14-29(16-20)21-15-26-28(3)17-21/h8-11,15,17-18,20H,5-7,12-14,16H2,1-4H3,(H2,24,25,27). The summed E-state index contributed by atoms with van der Waals surface area (Å²) in [6, 6.07) is 8.73. The molecule has 0 aliphatic carbocycles. The summed E-state index contributed by atoms with van der Waals surface area (Å²) in [5.74, 6) is 2.27. The number of hydrogen-bond donors (Lipinski definition) is 2. The van der Waals surface area contributed by atoms with Crippen LogP contribution in [0.1, 0.15) is 44.6 Å². The molecule has 0 spiro atoms. The Morgan fingerprint density at radius 2 is 2.13 bits per heavy atom. The van der Waals surface area contributed by atoms with Gasteiger partial charge in [0.15, 0.2) is 5.96 Å². The minimum Gasteiger partial charge on any atom is -0.497 e. The molecular formula is C23H36N6O. The van der Waals surface area contributed by atoms with Gasteiger partial charge >= 0.3 is 0 Å². The van der Waals surface area contributed by atoms with Gasteiger partial charge in [-0.15, -0.1) is 0 Å². The number of ether oxygens (including phenoxy) is 1. The second-order valence-corrected chi connectivity index (χ2v) is 8.03. The van der Waals surface area contributed by atoms with Gasteiger partial charge in [-0.3, -0.25) is 9.67 Å². The smallest absolute Gasteiger partial charge is 0.191 e. The van der Waals surface area contributed by atoms with Crippen molar-refractivity contribution in [1.82, 2.24) is 20.4 Å². The van der Waals surface area contributed by atoms with E-state index in [0.29, 0.717) is 12.0 Å². The number of piperidine rings is 1. The van der Waals surface area contributed by atoms with Crippen LogP contribution in [0, 0.1) is 0 Å². The molecule has 1 aliphatic rings. The first kappa shape index (κ1) is 22.0. The van der Waals surface area contributed by atoms with E-state index < -0.39 is 0 Å². The highest BCUT2D eigenvalue weighted by Crippen LogP contribution is 2.22. The van der Waals surface area contributed by atoms with Gasteiger partial charge in [-0.25, -0.2) is 0 Å². The summed E-state index contributed by atoms with van der Waals surface area (Å²) in [4.78, 5) is 7.25. The number of anilines is 1. The molecule has 30 heavy (non-hydrogen) atoms. The summed E-state index contributed by atoms with van der Waals surface area (Å²) < 4.78 is 7.11. The minimum absolute atomic E-state index is 0.385. The van der Waals surface area contributed by atoms with E-state index in [1.165, 1.54) is 17.7 Å². The van der Waals surface area contributed by atoms with Crippen LogP contribution in [0.25, 0.3) is 0 Å². The van der Waals surface area contributed by atoms with Gasteiger partial charge in [-0.2, -0.15) is 5.10 Å². The van der Waals surface area contributed by atoms with Crippen LogP contribution in [-0.4, -0.2) is 55.1 Å². The number of aryl methyl sites for hydroxylation is 1. The molecule has 1 aliphatic heterocycles. The Bertz CT molecular complexity index is 800. The minimum atomic E-state index is 0.385. The lowest BCUT2D eigenvalue weighted by Gasteiger charge is -2.34. The Hall–Kier alpha value is -2.70. The predicted molar refractivity (Wildman–Crippen MR) is 124 cm³/mol. The number of guanidine groups is 1. The first-order valence-corrected chi connectivity index (χ1v) is 11.0. The summed E-state index contributed by atoms with van der Waals surface area (Å²) in [6.45, 7) is 8.07. The molecule has 1 fully saturated rings. The molecular weight excluding hydrogens is 376 g/mol. The van der Waals surface area contributed by atoms with Crippen molar-refractivity contribution in [3.05, 3.63) is 42.2 Å². The highest BCUT2D eigenvalue weighted by Gasteiger charge is 2.21. The number of aliphatic imine (C=N–C) groups is 1. The lowest BCUT2D eigenvalue weighted by Crippen LogP contribution is -2.51. The Balaban J connectivity index is 1.53. The van der Waals surface area contributed by atoms with Gasteiger partial charge in [0, 0.05) is 45.5 Å². The van der Waals surface area contributed by atoms with Gasteiger partial charge < -0.3 is 20.3 Å². The molecule has 2 heterocycles. The molecule has 164 valence electrons. The predicted octanol–water partition coefficient (Wildman–Crippen LogP) is 3.15. The van der Waals surface area contributed by atoms with Gasteiger partial charge in [0.1, 0.15) is 5.75 Å². The summed E-state index contributed by atoms with van der Waals surface area (Å²) in [7, 11) is 3.66. The Morgan fingerprint density at radius 1 is 1.33 bits per heavy atom. The third kappa shape index (κ3) is 6.15. The Kier molecular flexibility index (Phi) is 7.99. The highest BCUT2D eigenvalue weighted by atomic mass is 16.5. The molecule has 1 aromatic heterocycles. The van der Waals surface area contributed by atoms with E-state index >= 15 is 0 Å². The molecule has 2 unspecified atom stereocenters. The van der Waals surface area contributed by atoms with Crippen molar-refractivity contribution in [3.8, 4) is 5.75 Å². The van der Waals surface area contributed by atoms with Crippen LogP contribution in [0.2, 0.25) is 0 Å². The number of nitrogens with zero attached hydrogens (tertiary/aromatic N) is 4. The average Bonchev–Trinajstić information content (AvgIpc) is 3.20. The third-order valence-corrected chi connectivity index (χ3v) is 5.68. The lowest BCUT2D eigenvalue weighted by molar-refractivity contribution is 0.414. The van der Waals surface area contributed by atoms with E-state index in [1.54, 1.807) is 7.11 Å². The van der Waals surface area contributed by atoms with Crippen molar-refractivity contribution in [2.75, 3.05) is 38.2 Å². The molecule has 7 heteroatoms. The fourth-order valence-electron chi connectivity index (χ4n) is 3.88. The van der Waals surface area contributed by atoms with Crippen LogP contribution in [0.5, 0.6) is 5.75 Å². The third-order valence-electron chi connectivity index (χ3n) is 5.68. The second-order valence-electron chi connectivity index (χ2n) is 8.03. The first-order chi connectivity index (χ1) is 14.6. The number of hydrogen-bond acceptors (Lipinski definition) is 4. The molecule has 1 saturated heterocycles. The number of rotatable bonds is 8. The molecule has 0 saturated carbocycles. The summed E-state index contributed by atoms with van der Waals surface area (Å²) in [6.07, 6.45) is 7.36. The van der Waals surface area contributed by atoms with Gasteiger partial charge in [-0.1, -0.05) is 19.1 Å². The highest BCUT2D eigenvalue weighted by molar-refractivity contribution is 5.80. The lowest BCUT2D eigenvalue weighted by atomic mass is 9.98. The molecule has 2 N–H and O–H groups in total. The van der Waals surface area contributed by atoms with Crippen LogP contribution in [0.3, 0.4) is 0 Å². The van der Waals surface area contributed by atoms with Crippen LogP contribution in [-0.2, 0) is 7.05 Å². The molecule has 0 radical (unpaired) electrons. The maximum absolute atomic E-state index is 5.25. The quantitative estimate of drug-likeness (QED) is 0.515. The maximum Gasteiger partial charge on any atom is 0.191 e. The van der Waals surface area contributed by atoms with Crippen LogP contribution in [0.4, 0.5) is 5.69 Å². The molecule has 0 bridgehead atoms. The fourth-order valence-corrected chi connectivity index (χ4v) is 3.88. The van der Waals surface area contributed by atoms with E-state index in [9.17, 15) is 0 Å². The molecule has 0 amide bonds. The zero-order chi connectivity index (χ0) is 21.3. The fraction of sp³-hybridized carbons (Fsp3) is 0.565. The molecule has 2 atom stereocenters. The van der Waals surface area contributed by atoms with Crippen molar-refractivity contribution in [3.63, 3.8) is 0 Å². The molecule has 2 aromatic rings. The van der Waals surface area contributed by atoms with Crippen LogP contribution < -0.4 is 20.3 Å². The van der Waals surface area contributed by atoms with Crippen molar-refractivity contribution in [2.24, 2.45) is 12.0 Å². The molecule has 1 aromatic carbocycles. The average molecular weight is 413 g/mol. The SMILES string of the molecule is CCNC(=NCCC(C)c1ccc(OC)cc1)NC1CCCN(c2cnn(C)c2)C1. The van der Waals surface area contributed by atoms with E-state index in [2.05, 4.69) is 52.8 Å². The number of methoxy groups -OCH3 is 1. The van der Waals surface area contributed by atoms with Crippen LogP contribution >= 0.6 is 0 Å². The van der Waals surface area contributed by atoms with Crippen molar-refractivity contribution < 1.29 is 4.74 Å². The number of aromatic nitrogens is 2. The normalized spacial score (nSPS) is 18.2. The van der Waals surface area contributed by atoms with Gasteiger partial charge in [0.05, 0.1) is 19.0 Å². The molecule has 3 rings (SSSR count). The number of nitrogens with one attached hydrogen (secondary N) is 2. The monoisotopic (exact) mass is 412 g/mol. The second kappa shape index (κ2) is 10.9. The summed E-state index contributed by atoms with van der Waals surface area (Å²) in [5.41, 5.74) is 2.52. The first-order valence-electron chi connectivity index (χ1n) is 11.0. The molecule has 7 nitrogen and oxygen atoms in total. The van der Waals surface area contributed by atoms with Crippen molar-refractivity contribution in [2.45, 2.75) is 45.1 Å². The zero-order valence-corrected chi connectivity index (χ0v) is 18.8. The number of benzene rings is 1. The van der Waals surface area contributed by atoms with Crippen molar-refractivity contribution in [1.29, 1.82) is 0 Å².